The fourth-order valence-corrected chi connectivity index (χ4v) is 4.36. The highest BCUT2D eigenvalue weighted by molar-refractivity contribution is 7.08. The molecule has 2 fully saturated rings. The summed E-state index contributed by atoms with van der Waals surface area (Å²) in [5.41, 5.74) is 0.648. The molecule has 0 saturated carbocycles. The van der Waals surface area contributed by atoms with Crippen molar-refractivity contribution in [3.8, 4) is 5.75 Å². The van der Waals surface area contributed by atoms with Gasteiger partial charge in [-0.25, -0.2) is 0 Å². The summed E-state index contributed by atoms with van der Waals surface area (Å²) in [6.07, 6.45) is 2.46. The summed E-state index contributed by atoms with van der Waals surface area (Å²) in [5, 5.41) is 3.73. The van der Waals surface area contributed by atoms with E-state index >= 15 is 0 Å². The Labute approximate surface area is 157 Å². The summed E-state index contributed by atoms with van der Waals surface area (Å²) in [6, 6.07) is 11.0. The van der Waals surface area contributed by atoms with Gasteiger partial charge in [-0.1, -0.05) is 18.2 Å². The van der Waals surface area contributed by atoms with Gasteiger partial charge in [0, 0.05) is 24.9 Å². The van der Waals surface area contributed by atoms with Gasteiger partial charge < -0.3 is 14.5 Å². The molecule has 0 radical (unpaired) electrons. The molecule has 2 unspecified atom stereocenters. The van der Waals surface area contributed by atoms with Gasteiger partial charge in [-0.3, -0.25) is 9.59 Å². The molecule has 136 valence electrons. The van der Waals surface area contributed by atoms with Crippen LogP contribution in [0.5, 0.6) is 5.75 Å². The number of amides is 2. The highest BCUT2D eigenvalue weighted by Gasteiger charge is 2.43. The van der Waals surface area contributed by atoms with E-state index < -0.39 is 6.04 Å². The molecule has 0 spiro atoms. The Morgan fingerprint density at radius 2 is 1.85 bits per heavy atom. The van der Waals surface area contributed by atoms with E-state index in [4.69, 9.17) is 4.74 Å². The molecular formula is C20H22N2O3S. The van der Waals surface area contributed by atoms with E-state index in [2.05, 4.69) is 0 Å². The van der Waals surface area contributed by atoms with Gasteiger partial charge in [-0.15, -0.1) is 0 Å². The Balaban J connectivity index is 1.54. The molecule has 1 aromatic carbocycles. The lowest BCUT2D eigenvalue weighted by Gasteiger charge is -2.27. The maximum Gasteiger partial charge on any atom is 0.255 e. The second-order valence-corrected chi connectivity index (χ2v) is 7.59. The first-order chi connectivity index (χ1) is 12.7. The Kier molecular flexibility index (Phi) is 4.93. The van der Waals surface area contributed by atoms with E-state index in [0.717, 1.165) is 31.7 Å². The molecule has 5 nitrogen and oxygen atoms in total. The summed E-state index contributed by atoms with van der Waals surface area (Å²) in [6.45, 7) is 2.02. The number of benzene rings is 1. The molecule has 1 aromatic heterocycles. The highest BCUT2D eigenvalue weighted by Crippen LogP contribution is 2.27. The van der Waals surface area contributed by atoms with Crippen LogP contribution in [0.25, 0.3) is 0 Å². The number of thiophene rings is 1. The summed E-state index contributed by atoms with van der Waals surface area (Å²) in [5.74, 6) is 0.753. The first-order valence-corrected chi connectivity index (χ1v) is 10.0. The largest absolute Gasteiger partial charge is 0.488 e. The summed E-state index contributed by atoms with van der Waals surface area (Å²) in [7, 11) is 0. The first kappa shape index (κ1) is 17.1. The van der Waals surface area contributed by atoms with Crippen LogP contribution < -0.4 is 4.74 Å². The normalized spacial score (nSPS) is 22.6. The molecule has 3 heterocycles. The fraction of sp³-hybridized carbons (Fsp3) is 0.400. The third-order valence-electron chi connectivity index (χ3n) is 5.04. The molecule has 2 saturated heterocycles. The van der Waals surface area contributed by atoms with Crippen molar-refractivity contribution in [3.63, 3.8) is 0 Å². The fourth-order valence-electron chi connectivity index (χ4n) is 3.73. The number of nitrogens with zero attached hydrogens (tertiary/aromatic N) is 2. The predicted molar refractivity (Wildman–Crippen MR) is 100 cm³/mol. The minimum Gasteiger partial charge on any atom is -0.488 e. The van der Waals surface area contributed by atoms with Crippen molar-refractivity contribution in [1.29, 1.82) is 0 Å². The SMILES string of the molecule is O=C(C1CC(Oc2ccccc2)CN1C(=O)c1ccsc1)N1CCCC1. The molecule has 2 aromatic rings. The standard InChI is InChI=1S/C20H22N2O3S/c23-19(15-8-11-26-14-15)22-13-17(25-16-6-2-1-3-7-16)12-18(22)20(24)21-9-4-5-10-21/h1-3,6-8,11,14,17-18H,4-5,9-10,12-13H2. The molecule has 0 N–H and O–H groups in total. The molecule has 0 aliphatic carbocycles. The Bertz CT molecular complexity index is 757. The average molecular weight is 370 g/mol. The van der Waals surface area contributed by atoms with Crippen LogP contribution in [0.4, 0.5) is 0 Å². The molecule has 4 rings (SSSR count). The van der Waals surface area contributed by atoms with Gasteiger partial charge in [0.2, 0.25) is 5.91 Å². The number of para-hydroxylation sites is 1. The number of ether oxygens (including phenoxy) is 1. The van der Waals surface area contributed by atoms with Gasteiger partial charge in [0.15, 0.2) is 0 Å². The lowest BCUT2D eigenvalue weighted by molar-refractivity contribution is -0.134. The van der Waals surface area contributed by atoms with Crippen LogP contribution >= 0.6 is 11.3 Å². The molecule has 0 bridgehead atoms. The van der Waals surface area contributed by atoms with E-state index in [-0.39, 0.29) is 17.9 Å². The molecular weight excluding hydrogens is 348 g/mol. The molecule has 2 atom stereocenters. The summed E-state index contributed by atoms with van der Waals surface area (Å²) >= 11 is 1.49. The second-order valence-electron chi connectivity index (χ2n) is 6.81. The smallest absolute Gasteiger partial charge is 0.255 e. The van der Waals surface area contributed by atoms with E-state index in [1.807, 2.05) is 52.1 Å². The van der Waals surface area contributed by atoms with Crippen LogP contribution in [0.15, 0.2) is 47.2 Å². The van der Waals surface area contributed by atoms with E-state index in [0.29, 0.717) is 18.5 Å². The zero-order valence-corrected chi connectivity index (χ0v) is 15.4. The van der Waals surface area contributed by atoms with Crippen LogP contribution in [0, 0.1) is 0 Å². The molecule has 6 heteroatoms. The van der Waals surface area contributed by atoms with Crippen LogP contribution in [0.1, 0.15) is 29.6 Å². The van der Waals surface area contributed by atoms with Crippen molar-refractivity contribution in [2.45, 2.75) is 31.4 Å². The minimum atomic E-state index is -0.436. The Hall–Kier alpha value is -2.34. The quantitative estimate of drug-likeness (QED) is 0.831. The minimum absolute atomic E-state index is 0.0604. The van der Waals surface area contributed by atoms with Crippen molar-refractivity contribution >= 4 is 23.2 Å². The third kappa shape index (κ3) is 3.46. The lowest BCUT2D eigenvalue weighted by atomic mass is 10.1. The van der Waals surface area contributed by atoms with Crippen LogP contribution in [0.3, 0.4) is 0 Å². The van der Waals surface area contributed by atoms with E-state index in [9.17, 15) is 9.59 Å². The van der Waals surface area contributed by atoms with Crippen LogP contribution in [-0.2, 0) is 4.79 Å². The summed E-state index contributed by atoms with van der Waals surface area (Å²) in [4.78, 5) is 29.5. The predicted octanol–water partition coefficient (Wildman–Crippen LogP) is 3.03. The number of hydrogen-bond donors (Lipinski definition) is 0. The Morgan fingerprint density at radius 3 is 2.54 bits per heavy atom. The monoisotopic (exact) mass is 370 g/mol. The number of likely N-dealkylation sites (tertiary alicyclic amines) is 2. The number of hydrogen-bond acceptors (Lipinski definition) is 4. The topological polar surface area (TPSA) is 49.9 Å². The van der Waals surface area contributed by atoms with Gasteiger partial charge in [-0.05, 0) is 36.4 Å². The van der Waals surface area contributed by atoms with Gasteiger partial charge in [-0.2, -0.15) is 11.3 Å². The van der Waals surface area contributed by atoms with Crippen molar-refractivity contribution in [1.82, 2.24) is 9.80 Å². The number of carbonyl (C=O) groups is 2. The number of rotatable bonds is 4. The van der Waals surface area contributed by atoms with Crippen LogP contribution in [-0.4, -0.2) is 53.4 Å². The van der Waals surface area contributed by atoms with E-state index in [1.54, 1.807) is 4.90 Å². The average Bonchev–Trinajstić information content (AvgIpc) is 3.42. The highest BCUT2D eigenvalue weighted by atomic mass is 32.1. The maximum absolute atomic E-state index is 13.0. The van der Waals surface area contributed by atoms with Gasteiger partial charge >= 0.3 is 0 Å². The molecule has 2 aliphatic rings. The second kappa shape index (κ2) is 7.50. The molecule has 2 amide bonds. The molecule has 2 aliphatic heterocycles. The van der Waals surface area contributed by atoms with E-state index in [1.165, 1.54) is 11.3 Å². The van der Waals surface area contributed by atoms with Crippen molar-refractivity contribution in [2.75, 3.05) is 19.6 Å². The number of carbonyl (C=O) groups excluding carboxylic acids is 2. The third-order valence-corrected chi connectivity index (χ3v) is 5.72. The first-order valence-electron chi connectivity index (χ1n) is 9.06. The van der Waals surface area contributed by atoms with Crippen LogP contribution in [0.2, 0.25) is 0 Å². The van der Waals surface area contributed by atoms with Crippen molar-refractivity contribution < 1.29 is 14.3 Å². The Morgan fingerprint density at radius 1 is 1.08 bits per heavy atom. The van der Waals surface area contributed by atoms with Gasteiger partial charge in [0.1, 0.15) is 17.9 Å². The van der Waals surface area contributed by atoms with Gasteiger partial charge in [0.05, 0.1) is 12.1 Å². The van der Waals surface area contributed by atoms with Crippen molar-refractivity contribution in [3.05, 3.63) is 52.7 Å². The maximum atomic E-state index is 13.0. The lowest BCUT2D eigenvalue weighted by Crippen LogP contribution is -2.46. The zero-order chi connectivity index (χ0) is 17.9. The summed E-state index contributed by atoms with van der Waals surface area (Å²) < 4.78 is 6.05. The van der Waals surface area contributed by atoms with Gasteiger partial charge in [0.25, 0.3) is 5.91 Å². The van der Waals surface area contributed by atoms with Crippen molar-refractivity contribution in [2.24, 2.45) is 0 Å². The molecule has 26 heavy (non-hydrogen) atoms. The zero-order valence-electron chi connectivity index (χ0n) is 14.5.